The van der Waals surface area contributed by atoms with Gasteiger partial charge in [0.15, 0.2) is 6.10 Å². The maximum Gasteiger partial charge on any atom is 0.261 e. The summed E-state index contributed by atoms with van der Waals surface area (Å²) in [6.45, 7) is 4.60. The van der Waals surface area contributed by atoms with E-state index >= 15 is 0 Å². The molecule has 0 saturated carbocycles. The van der Waals surface area contributed by atoms with Gasteiger partial charge in [0.1, 0.15) is 5.75 Å². The van der Waals surface area contributed by atoms with Crippen molar-refractivity contribution in [2.45, 2.75) is 32.9 Å². The average molecular weight is 285 g/mol. The molecular formula is C16H19N3O2. The van der Waals surface area contributed by atoms with E-state index in [0.29, 0.717) is 13.0 Å². The number of amides is 1. The lowest BCUT2D eigenvalue weighted by Gasteiger charge is -2.10. The Balaban J connectivity index is 1.62. The van der Waals surface area contributed by atoms with Gasteiger partial charge in [0.25, 0.3) is 5.91 Å². The lowest BCUT2D eigenvalue weighted by atomic mass is 10.0. The van der Waals surface area contributed by atoms with Crippen LogP contribution in [0.2, 0.25) is 0 Å². The zero-order valence-corrected chi connectivity index (χ0v) is 12.5. The van der Waals surface area contributed by atoms with E-state index in [4.69, 9.17) is 4.74 Å². The van der Waals surface area contributed by atoms with Gasteiger partial charge in [-0.05, 0) is 36.6 Å². The summed E-state index contributed by atoms with van der Waals surface area (Å²) in [4.78, 5) is 12.2. The van der Waals surface area contributed by atoms with Crippen LogP contribution in [0.4, 0.5) is 0 Å². The number of benzene rings is 1. The van der Waals surface area contributed by atoms with Crippen LogP contribution in [0.3, 0.4) is 0 Å². The monoisotopic (exact) mass is 285 g/mol. The fourth-order valence-electron chi connectivity index (χ4n) is 2.53. The summed E-state index contributed by atoms with van der Waals surface area (Å²) in [7, 11) is 1.85. The zero-order chi connectivity index (χ0) is 15.0. The average Bonchev–Trinajstić information content (AvgIpc) is 3.03. The maximum atomic E-state index is 12.2. The van der Waals surface area contributed by atoms with Crippen molar-refractivity contribution in [3.8, 4) is 5.75 Å². The van der Waals surface area contributed by atoms with Gasteiger partial charge in [-0.3, -0.25) is 9.48 Å². The number of aryl methyl sites for hydroxylation is 3. The summed E-state index contributed by atoms with van der Waals surface area (Å²) in [6.07, 6.45) is 3.84. The first-order valence-electron chi connectivity index (χ1n) is 7.05. The first-order valence-corrected chi connectivity index (χ1v) is 7.05. The Hall–Kier alpha value is -2.30. The molecule has 1 amide bonds. The normalized spacial score (nSPS) is 16.4. The molecule has 1 aromatic heterocycles. The number of carbonyl (C=O) groups is 1. The van der Waals surface area contributed by atoms with Crippen molar-refractivity contribution in [1.82, 2.24) is 15.1 Å². The fraction of sp³-hybridized carbons (Fsp3) is 0.375. The minimum Gasteiger partial charge on any atom is -0.480 e. The van der Waals surface area contributed by atoms with Gasteiger partial charge in [-0.2, -0.15) is 5.10 Å². The van der Waals surface area contributed by atoms with Crippen molar-refractivity contribution in [2.75, 3.05) is 0 Å². The number of carbonyl (C=O) groups excluding carboxylic acids is 1. The van der Waals surface area contributed by atoms with Gasteiger partial charge in [0.2, 0.25) is 0 Å². The third kappa shape index (κ3) is 2.77. The van der Waals surface area contributed by atoms with Crippen LogP contribution in [-0.2, 0) is 24.8 Å². The quantitative estimate of drug-likeness (QED) is 0.933. The van der Waals surface area contributed by atoms with Gasteiger partial charge in [-0.1, -0.05) is 6.07 Å². The summed E-state index contributed by atoms with van der Waals surface area (Å²) in [6, 6.07) is 4.12. The van der Waals surface area contributed by atoms with Crippen LogP contribution in [0.15, 0.2) is 24.5 Å². The summed E-state index contributed by atoms with van der Waals surface area (Å²) in [5.74, 6) is 0.755. The fourth-order valence-corrected chi connectivity index (χ4v) is 2.53. The predicted molar refractivity (Wildman–Crippen MR) is 79.1 cm³/mol. The molecule has 1 aromatic carbocycles. The Morgan fingerprint density at radius 1 is 1.43 bits per heavy atom. The summed E-state index contributed by atoms with van der Waals surface area (Å²) in [5.41, 5.74) is 4.51. The molecule has 0 spiro atoms. The number of nitrogens with one attached hydrogen (secondary N) is 1. The van der Waals surface area contributed by atoms with Gasteiger partial charge in [-0.25, -0.2) is 0 Å². The van der Waals surface area contributed by atoms with E-state index in [1.807, 2.05) is 19.3 Å². The number of ether oxygens (including phenoxy) is 1. The standard InChI is InChI=1S/C16H19N3O2/c1-10-4-13-6-15(21-14(13)5-11(10)2)16(20)17-7-12-8-18-19(3)9-12/h4-5,8-9,15H,6-7H2,1-3H3,(H,17,20). The molecule has 5 nitrogen and oxygen atoms in total. The number of rotatable bonds is 3. The Bertz CT molecular complexity index is 660. The second-order valence-corrected chi connectivity index (χ2v) is 5.59. The van der Waals surface area contributed by atoms with Crippen LogP contribution in [0.1, 0.15) is 22.3 Å². The van der Waals surface area contributed by atoms with Gasteiger partial charge in [-0.15, -0.1) is 0 Å². The molecule has 0 aliphatic carbocycles. The summed E-state index contributed by atoms with van der Waals surface area (Å²) in [5, 5.41) is 6.98. The zero-order valence-electron chi connectivity index (χ0n) is 12.5. The van der Waals surface area contributed by atoms with Crippen LogP contribution in [0.25, 0.3) is 0 Å². The Labute approximate surface area is 123 Å². The van der Waals surface area contributed by atoms with Crippen LogP contribution in [0.5, 0.6) is 5.75 Å². The minimum absolute atomic E-state index is 0.0784. The smallest absolute Gasteiger partial charge is 0.261 e. The Kier molecular flexibility index (Phi) is 3.41. The van der Waals surface area contributed by atoms with E-state index in [-0.39, 0.29) is 5.91 Å². The predicted octanol–water partition coefficient (Wildman–Crippen LogP) is 1.66. The first-order chi connectivity index (χ1) is 10.0. The molecule has 3 rings (SSSR count). The molecule has 0 bridgehead atoms. The molecule has 1 N–H and O–H groups in total. The molecule has 110 valence electrons. The van der Waals surface area contributed by atoms with E-state index in [2.05, 4.69) is 30.3 Å². The molecule has 2 aromatic rings. The third-order valence-corrected chi connectivity index (χ3v) is 3.87. The number of nitrogens with zero attached hydrogens (tertiary/aromatic N) is 2. The van der Waals surface area contributed by atoms with Crippen LogP contribution in [-0.4, -0.2) is 21.8 Å². The number of fused-ring (bicyclic) bond motifs is 1. The molecule has 1 aliphatic rings. The second-order valence-electron chi connectivity index (χ2n) is 5.59. The SMILES string of the molecule is Cc1cc2c(cc1C)OC(C(=O)NCc1cnn(C)c1)C2. The molecule has 21 heavy (non-hydrogen) atoms. The van der Waals surface area contributed by atoms with Crippen LogP contribution >= 0.6 is 0 Å². The van der Waals surface area contributed by atoms with E-state index in [1.165, 1.54) is 11.1 Å². The van der Waals surface area contributed by atoms with Crippen LogP contribution < -0.4 is 10.1 Å². The van der Waals surface area contributed by atoms with E-state index < -0.39 is 6.10 Å². The van der Waals surface area contributed by atoms with Gasteiger partial charge in [0, 0.05) is 31.8 Å². The maximum absolute atomic E-state index is 12.2. The molecule has 0 saturated heterocycles. The Morgan fingerprint density at radius 2 is 2.19 bits per heavy atom. The minimum atomic E-state index is -0.433. The Morgan fingerprint density at radius 3 is 2.90 bits per heavy atom. The highest BCUT2D eigenvalue weighted by Crippen LogP contribution is 2.31. The topological polar surface area (TPSA) is 56.1 Å². The highest BCUT2D eigenvalue weighted by Gasteiger charge is 2.29. The van der Waals surface area contributed by atoms with Crippen molar-refractivity contribution in [3.63, 3.8) is 0 Å². The summed E-state index contributed by atoms with van der Waals surface area (Å²) < 4.78 is 7.48. The highest BCUT2D eigenvalue weighted by atomic mass is 16.5. The number of hydrogen-bond donors (Lipinski definition) is 1. The molecular weight excluding hydrogens is 266 g/mol. The molecule has 1 atom stereocenters. The van der Waals surface area contributed by atoms with Gasteiger partial charge < -0.3 is 10.1 Å². The largest absolute Gasteiger partial charge is 0.480 e. The lowest BCUT2D eigenvalue weighted by molar-refractivity contribution is -0.127. The van der Waals surface area contributed by atoms with E-state index in [0.717, 1.165) is 16.9 Å². The molecule has 2 heterocycles. The second kappa shape index (κ2) is 5.24. The first kappa shape index (κ1) is 13.7. The molecule has 0 fully saturated rings. The van der Waals surface area contributed by atoms with Crippen molar-refractivity contribution >= 4 is 5.91 Å². The van der Waals surface area contributed by atoms with Crippen molar-refractivity contribution < 1.29 is 9.53 Å². The van der Waals surface area contributed by atoms with E-state index in [9.17, 15) is 4.79 Å². The van der Waals surface area contributed by atoms with Crippen molar-refractivity contribution in [2.24, 2.45) is 7.05 Å². The molecule has 0 radical (unpaired) electrons. The van der Waals surface area contributed by atoms with Crippen LogP contribution in [0, 0.1) is 13.8 Å². The molecule has 5 heteroatoms. The van der Waals surface area contributed by atoms with Gasteiger partial charge in [0.05, 0.1) is 6.20 Å². The highest BCUT2D eigenvalue weighted by molar-refractivity contribution is 5.82. The number of aromatic nitrogens is 2. The third-order valence-electron chi connectivity index (χ3n) is 3.87. The number of hydrogen-bond acceptors (Lipinski definition) is 3. The molecule has 1 unspecified atom stereocenters. The van der Waals surface area contributed by atoms with E-state index in [1.54, 1.807) is 10.9 Å². The van der Waals surface area contributed by atoms with Crippen molar-refractivity contribution in [1.29, 1.82) is 0 Å². The van der Waals surface area contributed by atoms with Crippen molar-refractivity contribution in [3.05, 3.63) is 46.8 Å². The van der Waals surface area contributed by atoms with Gasteiger partial charge >= 0.3 is 0 Å². The summed E-state index contributed by atoms with van der Waals surface area (Å²) >= 11 is 0. The molecule has 1 aliphatic heterocycles. The lowest BCUT2D eigenvalue weighted by Crippen LogP contribution is -2.36.